The highest BCUT2D eigenvalue weighted by molar-refractivity contribution is 8.19. The van der Waals surface area contributed by atoms with Gasteiger partial charge in [0.05, 0.1) is 12.0 Å². The molecule has 0 unspecified atom stereocenters. The van der Waals surface area contributed by atoms with Crippen molar-refractivity contribution in [2.24, 2.45) is 0 Å². The van der Waals surface area contributed by atoms with E-state index in [2.05, 4.69) is 10.3 Å². The minimum Gasteiger partial charge on any atom is -0.497 e. The van der Waals surface area contributed by atoms with Crippen molar-refractivity contribution >= 4 is 34.7 Å². The van der Waals surface area contributed by atoms with Gasteiger partial charge in [-0.2, -0.15) is 0 Å². The molecule has 9 heteroatoms. The van der Waals surface area contributed by atoms with Crippen molar-refractivity contribution in [3.05, 3.63) is 59.3 Å². The zero-order chi connectivity index (χ0) is 18.1. The van der Waals surface area contributed by atoms with Crippen LogP contribution in [-0.4, -0.2) is 33.1 Å². The fourth-order valence-corrected chi connectivity index (χ4v) is 3.33. The number of carbonyl (C=O) groups excluding carboxylic acids is 1. The first-order valence-corrected chi connectivity index (χ1v) is 8.41. The maximum absolute atomic E-state index is 12.8. The van der Waals surface area contributed by atoms with Gasteiger partial charge in [0.25, 0.3) is 5.91 Å². The maximum atomic E-state index is 12.8. The third-order valence-corrected chi connectivity index (χ3v) is 4.64. The van der Waals surface area contributed by atoms with Crippen molar-refractivity contribution in [3.63, 3.8) is 0 Å². The molecule has 1 aliphatic rings. The summed E-state index contributed by atoms with van der Waals surface area (Å²) in [6, 6.07) is 10.9. The summed E-state index contributed by atoms with van der Waals surface area (Å²) in [5, 5.41) is 15.9. The van der Waals surface area contributed by atoms with Gasteiger partial charge in [-0.15, -0.1) is 0 Å². The van der Waals surface area contributed by atoms with Crippen LogP contribution in [0.4, 0.5) is 5.82 Å². The molecular weight excluding hydrogens is 354 g/mol. The molecule has 0 atom stereocenters. The van der Waals surface area contributed by atoms with Gasteiger partial charge < -0.3 is 9.30 Å². The van der Waals surface area contributed by atoms with Gasteiger partial charge in [0, 0.05) is 12.4 Å². The lowest BCUT2D eigenvalue weighted by molar-refractivity contribution is -0.113. The topological polar surface area (TPSA) is 97.2 Å². The van der Waals surface area contributed by atoms with E-state index in [1.807, 2.05) is 36.4 Å². The normalized spacial score (nSPS) is 15.9. The molecule has 2 aromatic heterocycles. The molecule has 1 amide bonds. The second-order valence-corrected chi connectivity index (χ2v) is 6.36. The van der Waals surface area contributed by atoms with E-state index in [1.54, 1.807) is 30.1 Å². The lowest BCUT2D eigenvalue weighted by Gasteiger charge is -2.11. The molecule has 1 aromatic carbocycles. The molecule has 0 aliphatic carbocycles. The first-order valence-electron chi connectivity index (χ1n) is 7.60. The molecule has 4 rings (SSSR count). The monoisotopic (exact) mass is 367 g/mol. The standard InChI is InChI=1S/C17H13N5O3S/c1-24-12-6-4-11(5-7-12)10-13-16(23)22(17(18)26-13)15-14(19-25-20-15)21-8-2-3-9-21/h2-10,18H,1H3. The van der Waals surface area contributed by atoms with Gasteiger partial charge in [0.15, 0.2) is 5.17 Å². The van der Waals surface area contributed by atoms with E-state index < -0.39 is 0 Å². The van der Waals surface area contributed by atoms with Gasteiger partial charge in [-0.25, -0.2) is 9.53 Å². The average molecular weight is 367 g/mol. The van der Waals surface area contributed by atoms with Crippen molar-refractivity contribution < 1.29 is 14.2 Å². The molecular formula is C17H13N5O3S. The number of carbonyl (C=O) groups is 1. The Morgan fingerprint density at radius 3 is 2.54 bits per heavy atom. The van der Waals surface area contributed by atoms with Crippen LogP contribution in [-0.2, 0) is 4.79 Å². The van der Waals surface area contributed by atoms with Crippen LogP contribution in [0, 0.1) is 5.41 Å². The Hall–Kier alpha value is -3.33. The summed E-state index contributed by atoms with van der Waals surface area (Å²) in [7, 11) is 1.59. The fraction of sp³-hybridized carbons (Fsp3) is 0.0588. The Balaban J connectivity index is 1.66. The fourth-order valence-electron chi connectivity index (χ4n) is 2.49. The number of amidine groups is 1. The lowest BCUT2D eigenvalue weighted by Crippen LogP contribution is -2.29. The number of benzene rings is 1. The molecule has 0 saturated carbocycles. The molecule has 0 bridgehead atoms. The van der Waals surface area contributed by atoms with E-state index in [1.165, 1.54) is 4.90 Å². The molecule has 26 heavy (non-hydrogen) atoms. The number of nitrogens with one attached hydrogen (secondary N) is 1. The summed E-state index contributed by atoms with van der Waals surface area (Å²) < 4.78 is 11.6. The minimum atomic E-state index is -0.347. The first-order chi connectivity index (χ1) is 12.7. The summed E-state index contributed by atoms with van der Waals surface area (Å²) in [6.07, 6.45) is 5.24. The number of amides is 1. The molecule has 3 heterocycles. The van der Waals surface area contributed by atoms with Gasteiger partial charge in [0.2, 0.25) is 11.6 Å². The van der Waals surface area contributed by atoms with E-state index >= 15 is 0 Å². The second kappa shape index (κ2) is 6.52. The van der Waals surface area contributed by atoms with E-state index in [0.29, 0.717) is 10.7 Å². The highest BCUT2D eigenvalue weighted by Gasteiger charge is 2.37. The van der Waals surface area contributed by atoms with Gasteiger partial charge >= 0.3 is 0 Å². The third kappa shape index (κ3) is 2.78. The van der Waals surface area contributed by atoms with Crippen LogP contribution in [0.1, 0.15) is 5.56 Å². The van der Waals surface area contributed by atoms with Gasteiger partial charge in [-0.1, -0.05) is 12.1 Å². The smallest absolute Gasteiger partial charge is 0.272 e. The quantitative estimate of drug-likeness (QED) is 0.712. The predicted molar refractivity (Wildman–Crippen MR) is 97.4 cm³/mol. The first kappa shape index (κ1) is 16.2. The summed E-state index contributed by atoms with van der Waals surface area (Å²) in [6.45, 7) is 0. The largest absolute Gasteiger partial charge is 0.497 e. The van der Waals surface area contributed by atoms with Crippen LogP contribution in [0.15, 0.2) is 58.3 Å². The molecule has 3 aromatic rings. The average Bonchev–Trinajstić information content (AvgIpc) is 3.37. The minimum absolute atomic E-state index is 0.0406. The number of methoxy groups -OCH3 is 1. The molecule has 0 spiro atoms. The van der Waals surface area contributed by atoms with E-state index in [-0.39, 0.29) is 16.9 Å². The third-order valence-electron chi connectivity index (χ3n) is 3.75. The second-order valence-electron chi connectivity index (χ2n) is 5.33. The Morgan fingerprint density at radius 1 is 1.15 bits per heavy atom. The highest BCUT2D eigenvalue weighted by atomic mass is 32.2. The van der Waals surface area contributed by atoms with E-state index in [0.717, 1.165) is 23.1 Å². The van der Waals surface area contributed by atoms with Crippen LogP contribution in [0.2, 0.25) is 0 Å². The summed E-state index contributed by atoms with van der Waals surface area (Å²) in [5.41, 5.74) is 0.834. The van der Waals surface area contributed by atoms with Crippen LogP contribution in [0.5, 0.6) is 5.75 Å². The summed E-state index contributed by atoms with van der Waals surface area (Å²) >= 11 is 1.06. The summed E-state index contributed by atoms with van der Waals surface area (Å²) in [4.78, 5) is 14.4. The Morgan fingerprint density at radius 2 is 1.85 bits per heavy atom. The molecule has 1 fully saturated rings. The predicted octanol–water partition coefficient (Wildman–Crippen LogP) is 2.92. The zero-order valence-corrected chi connectivity index (χ0v) is 14.4. The number of hydrogen-bond donors (Lipinski definition) is 1. The van der Waals surface area contributed by atoms with Crippen molar-refractivity contribution in [2.75, 3.05) is 12.0 Å². The molecule has 130 valence electrons. The molecule has 0 radical (unpaired) electrons. The number of ether oxygens (including phenoxy) is 1. The Labute approximate surface area is 152 Å². The van der Waals surface area contributed by atoms with Crippen LogP contribution >= 0.6 is 11.8 Å². The van der Waals surface area contributed by atoms with Crippen LogP contribution in [0.25, 0.3) is 11.9 Å². The van der Waals surface area contributed by atoms with E-state index in [4.69, 9.17) is 14.8 Å². The van der Waals surface area contributed by atoms with E-state index in [9.17, 15) is 4.79 Å². The van der Waals surface area contributed by atoms with Crippen LogP contribution in [0.3, 0.4) is 0 Å². The van der Waals surface area contributed by atoms with Crippen molar-refractivity contribution in [3.8, 4) is 11.6 Å². The zero-order valence-electron chi connectivity index (χ0n) is 13.6. The van der Waals surface area contributed by atoms with Gasteiger partial charge in [-0.05, 0) is 58.0 Å². The SMILES string of the molecule is COc1ccc(C=C2SC(=N)N(c3nonc3-n3cccc3)C2=O)cc1. The Bertz CT molecular complexity index is 992. The molecule has 1 saturated heterocycles. The van der Waals surface area contributed by atoms with Gasteiger partial charge in [0.1, 0.15) is 5.75 Å². The number of anilines is 1. The maximum Gasteiger partial charge on any atom is 0.272 e. The summed E-state index contributed by atoms with van der Waals surface area (Å²) in [5.74, 6) is 0.915. The number of thioether (sulfide) groups is 1. The van der Waals surface area contributed by atoms with Crippen LogP contribution < -0.4 is 9.64 Å². The Kier molecular flexibility index (Phi) is 4.05. The molecule has 1 N–H and O–H groups in total. The number of hydrogen-bond acceptors (Lipinski definition) is 7. The number of aromatic nitrogens is 3. The van der Waals surface area contributed by atoms with Crippen molar-refractivity contribution in [2.45, 2.75) is 0 Å². The molecule has 8 nitrogen and oxygen atoms in total. The van der Waals surface area contributed by atoms with Crippen molar-refractivity contribution in [1.82, 2.24) is 14.9 Å². The van der Waals surface area contributed by atoms with Gasteiger partial charge in [-0.3, -0.25) is 10.2 Å². The molecule has 1 aliphatic heterocycles. The lowest BCUT2D eigenvalue weighted by atomic mass is 10.2. The highest BCUT2D eigenvalue weighted by Crippen LogP contribution is 2.36. The number of rotatable bonds is 4. The number of nitrogens with zero attached hydrogens (tertiary/aromatic N) is 4. The van der Waals surface area contributed by atoms with Crippen molar-refractivity contribution in [1.29, 1.82) is 5.41 Å².